The third-order valence-electron chi connectivity index (χ3n) is 3.05. The van der Waals surface area contributed by atoms with Crippen LogP contribution in [0.2, 0.25) is 0 Å². The molecule has 2 nitrogen and oxygen atoms in total. The van der Waals surface area contributed by atoms with Crippen LogP contribution in [0, 0.1) is 17.5 Å². The van der Waals surface area contributed by atoms with Crippen LogP contribution < -0.4 is 5.32 Å². The molecule has 0 aliphatic rings. The predicted octanol–water partition coefficient (Wildman–Crippen LogP) is 4.37. The van der Waals surface area contributed by atoms with E-state index in [1.54, 1.807) is 0 Å². The van der Waals surface area contributed by atoms with Crippen LogP contribution in [0.25, 0.3) is 10.2 Å². The fraction of sp³-hybridized carbons (Fsp3) is 0.133. The first-order valence-corrected chi connectivity index (χ1v) is 7.18. The molecule has 0 spiro atoms. The molecule has 0 aliphatic carbocycles. The zero-order valence-corrected chi connectivity index (χ0v) is 11.7. The lowest BCUT2D eigenvalue weighted by atomic mass is 10.2. The van der Waals surface area contributed by atoms with Gasteiger partial charge in [-0.2, -0.15) is 0 Å². The van der Waals surface area contributed by atoms with Crippen molar-refractivity contribution in [2.45, 2.75) is 6.42 Å². The third-order valence-corrected chi connectivity index (χ3v) is 4.01. The highest BCUT2D eigenvalue weighted by atomic mass is 32.1. The smallest absolute Gasteiger partial charge is 0.196 e. The molecule has 0 amide bonds. The van der Waals surface area contributed by atoms with Gasteiger partial charge in [0.05, 0.1) is 4.70 Å². The molecule has 2 aromatic carbocycles. The number of hydrogen-bond acceptors (Lipinski definition) is 3. The second-order valence-electron chi connectivity index (χ2n) is 4.51. The maximum Gasteiger partial charge on any atom is 0.196 e. The summed E-state index contributed by atoms with van der Waals surface area (Å²) in [4.78, 5) is 3.97. The van der Waals surface area contributed by atoms with E-state index < -0.39 is 17.5 Å². The monoisotopic (exact) mass is 308 g/mol. The Morgan fingerprint density at radius 2 is 1.81 bits per heavy atom. The maximum atomic E-state index is 13.6. The minimum Gasteiger partial charge on any atom is -0.361 e. The van der Waals surface area contributed by atoms with Crippen molar-refractivity contribution in [3.8, 4) is 0 Å². The number of anilines is 1. The largest absolute Gasteiger partial charge is 0.361 e. The molecular weight excluding hydrogens is 297 g/mol. The van der Waals surface area contributed by atoms with Crippen molar-refractivity contribution in [2.75, 3.05) is 11.9 Å². The van der Waals surface area contributed by atoms with Crippen LogP contribution >= 0.6 is 11.3 Å². The lowest BCUT2D eigenvalue weighted by molar-refractivity contribution is 0.453. The van der Waals surface area contributed by atoms with Crippen molar-refractivity contribution in [3.63, 3.8) is 0 Å². The Bertz CT molecular complexity index is 771. The summed E-state index contributed by atoms with van der Waals surface area (Å²) in [6.45, 7) is 0.608. The highest BCUT2D eigenvalue weighted by Crippen LogP contribution is 2.30. The summed E-state index contributed by atoms with van der Waals surface area (Å²) in [6.07, 6.45) is 0.780. The minimum absolute atomic E-state index is 0.138. The van der Waals surface area contributed by atoms with Gasteiger partial charge in [-0.3, -0.25) is 0 Å². The summed E-state index contributed by atoms with van der Waals surface area (Å²) < 4.78 is 40.1. The van der Waals surface area contributed by atoms with E-state index in [0.717, 1.165) is 29.4 Å². The minimum atomic E-state index is -1.48. The number of halogens is 3. The van der Waals surface area contributed by atoms with Gasteiger partial charge in [0.1, 0.15) is 5.52 Å². The van der Waals surface area contributed by atoms with Gasteiger partial charge in [0.2, 0.25) is 0 Å². The van der Waals surface area contributed by atoms with Gasteiger partial charge in [-0.15, -0.1) is 0 Å². The zero-order chi connectivity index (χ0) is 14.8. The standard InChI is InChI=1S/C15H11F3N2S/c16-10-8-11-14(13(18)12(10)17)20-15(21-11)19-7-6-9-4-2-1-3-5-9/h1-5,8H,6-7H2,(H,19,20). The van der Waals surface area contributed by atoms with E-state index in [4.69, 9.17) is 0 Å². The predicted molar refractivity (Wildman–Crippen MR) is 78.1 cm³/mol. The van der Waals surface area contributed by atoms with Crippen molar-refractivity contribution in [1.82, 2.24) is 4.98 Å². The van der Waals surface area contributed by atoms with E-state index in [1.807, 2.05) is 30.3 Å². The molecular formula is C15H11F3N2S. The van der Waals surface area contributed by atoms with Gasteiger partial charge in [0.15, 0.2) is 22.6 Å². The Kier molecular flexibility index (Phi) is 3.79. The van der Waals surface area contributed by atoms with E-state index in [0.29, 0.717) is 11.7 Å². The number of nitrogens with zero attached hydrogens (tertiary/aromatic N) is 1. The first-order valence-electron chi connectivity index (χ1n) is 6.37. The van der Waals surface area contributed by atoms with Gasteiger partial charge >= 0.3 is 0 Å². The van der Waals surface area contributed by atoms with E-state index in [1.165, 1.54) is 0 Å². The molecule has 6 heteroatoms. The van der Waals surface area contributed by atoms with Crippen molar-refractivity contribution in [3.05, 3.63) is 59.4 Å². The molecule has 0 unspecified atom stereocenters. The zero-order valence-electron chi connectivity index (χ0n) is 10.9. The van der Waals surface area contributed by atoms with Gasteiger partial charge < -0.3 is 5.32 Å². The number of rotatable bonds is 4. The van der Waals surface area contributed by atoms with Crippen LogP contribution in [-0.2, 0) is 6.42 Å². The van der Waals surface area contributed by atoms with E-state index in [2.05, 4.69) is 10.3 Å². The van der Waals surface area contributed by atoms with Gasteiger partial charge in [0, 0.05) is 6.54 Å². The van der Waals surface area contributed by atoms with Crippen molar-refractivity contribution in [2.24, 2.45) is 0 Å². The van der Waals surface area contributed by atoms with Crippen molar-refractivity contribution < 1.29 is 13.2 Å². The van der Waals surface area contributed by atoms with Gasteiger partial charge in [0.25, 0.3) is 0 Å². The Labute approximate surface area is 123 Å². The molecule has 3 rings (SSSR count). The van der Waals surface area contributed by atoms with E-state index in [9.17, 15) is 13.2 Å². The molecule has 108 valence electrons. The van der Waals surface area contributed by atoms with Crippen LogP contribution in [0.4, 0.5) is 18.3 Å². The maximum absolute atomic E-state index is 13.6. The molecule has 1 N–H and O–H groups in total. The van der Waals surface area contributed by atoms with Gasteiger partial charge in [-0.25, -0.2) is 18.2 Å². The number of benzene rings is 2. The lowest BCUT2D eigenvalue weighted by Crippen LogP contribution is -2.04. The highest BCUT2D eigenvalue weighted by molar-refractivity contribution is 7.22. The molecule has 0 fully saturated rings. The molecule has 1 heterocycles. The Morgan fingerprint density at radius 1 is 1.05 bits per heavy atom. The molecule has 3 aromatic rings. The summed E-state index contributed by atoms with van der Waals surface area (Å²) >= 11 is 1.10. The molecule has 0 bridgehead atoms. The second-order valence-corrected chi connectivity index (χ2v) is 5.55. The van der Waals surface area contributed by atoms with E-state index in [-0.39, 0.29) is 10.2 Å². The van der Waals surface area contributed by atoms with Crippen LogP contribution in [0.3, 0.4) is 0 Å². The number of thiazole rings is 1. The number of hydrogen-bond donors (Lipinski definition) is 1. The highest BCUT2D eigenvalue weighted by Gasteiger charge is 2.17. The SMILES string of the molecule is Fc1cc2sc(NCCc3ccccc3)nc2c(F)c1F. The summed E-state index contributed by atoms with van der Waals surface area (Å²) in [5, 5.41) is 3.49. The van der Waals surface area contributed by atoms with Crippen LogP contribution in [0.15, 0.2) is 36.4 Å². The molecule has 0 saturated carbocycles. The number of fused-ring (bicyclic) bond motifs is 1. The molecule has 0 saturated heterocycles. The lowest BCUT2D eigenvalue weighted by Gasteiger charge is -2.02. The first kappa shape index (κ1) is 13.9. The average molecular weight is 308 g/mol. The van der Waals surface area contributed by atoms with Gasteiger partial charge in [-0.05, 0) is 18.1 Å². The van der Waals surface area contributed by atoms with E-state index >= 15 is 0 Å². The van der Waals surface area contributed by atoms with Crippen LogP contribution in [-0.4, -0.2) is 11.5 Å². The van der Waals surface area contributed by atoms with Crippen molar-refractivity contribution >= 4 is 26.7 Å². The van der Waals surface area contributed by atoms with Crippen molar-refractivity contribution in [1.29, 1.82) is 0 Å². The molecule has 21 heavy (non-hydrogen) atoms. The summed E-state index contributed by atoms with van der Waals surface area (Å²) in [5.74, 6) is -3.92. The Hall–Kier alpha value is -2.08. The number of aromatic nitrogens is 1. The molecule has 0 aliphatic heterocycles. The Morgan fingerprint density at radius 3 is 2.57 bits per heavy atom. The van der Waals surface area contributed by atoms with Gasteiger partial charge in [-0.1, -0.05) is 41.7 Å². The first-order chi connectivity index (χ1) is 10.1. The third kappa shape index (κ3) is 2.85. The molecule has 0 atom stereocenters. The normalized spacial score (nSPS) is 11.0. The fourth-order valence-corrected chi connectivity index (χ4v) is 2.92. The van der Waals surface area contributed by atoms with Crippen LogP contribution in [0.1, 0.15) is 5.56 Å². The summed E-state index contributed by atoms with van der Waals surface area (Å²) in [5.41, 5.74) is 1.02. The quantitative estimate of drug-likeness (QED) is 0.724. The summed E-state index contributed by atoms with van der Waals surface area (Å²) in [7, 11) is 0. The fourth-order valence-electron chi connectivity index (χ4n) is 2.01. The summed E-state index contributed by atoms with van der Waals surface area (Å²) in [6, 6.07) is 10.8. The second kappa shape index (κ2) is 5.73. The Balaban J connectivity index is 1.75. The number of nitrogens with one attached hydrogen (secondary N) is 1. The molecule has 0 radical (unpaired) electrons. The van der Waals surface area contributed by atoms with Crippen LogP contribution in [0.5, 0.6) is 0 Å². The topological polar surface area (TPSA) is 24.9 Å². The molecule has 1 aromatic heterocycles. The average Bonchev–Trinajstić information content (AvgIpc) is 2.89.